The van der Waals surface area contributed by atoms with Crippen molar-refractivity contribution in [3.63, 3.8) is 0 Å². The van der Waals surface area contributed by atoms with E-state index >= 15 is 0 Å². The van der Waals surface area contributed by atoms with Gasteiger partial charge >= 0.3 is 0 Å². The first-order chi connectivity index (χ1) is 7.63. The van der Waals surface area contributed by atoms with Crippen LogP contribution < -0.4 is 0 Å². The normalized spacial score (nSPS) is 9.50. The fourth-order valence-electron chi connectivity index (χ4n) is 1.33. The van der Waals surface area contributed by atoms with Crippen LogP contribution in [-0.4, -0.2) is 9.78 Å². The molecule has 0 unspecified atom stereocenters. The van der Waals surface area contributed by atoms with Crippen LogP contribution in [0.25, 0.3) is 10.9 Å². The first-order valence-electron chi connectivity index (χ1n) is 4.85. The molecule has 16 heavy (non-hydrogen) atoms. The average Bonchev–Trinajstić information content (AvgIpc) is 2.57. The highest BCUT2D eigenvalue weighted by molar-refractivity contribution is 9.13. The van der Waals surface area contributed by atoms with Gasteiger partial charge in [-0.2, -0.15) is 10.4 Å². The molecule has 0 radical (unpaired) electrons. The molecule has 0 spiro atoms. The smallest absolute Gasteiger partial charge is 0.146 e. The van der Waals surface area contributed by atoms with Crippen molar-refractivity contribution in [1.29, 1.82) is 5.26 Å². The molecule has 1 heterocycles. The van der Waals surface area contributed by atoms with E-state index < -0.39 is 0 Å². The summed E-state index contributed by atoms with van der Waals surface area (Å²) in [4.78, 5) is 0. The Kier molecular flexibility index (Phi) is 4.51. The van der Waals surface area contributed by atoms with Crippen molar-refractivity contribution in [2.45, 2.75) is 13.8 Å². The zero-order valence-electron chi connectivity index (χ0n) is 9.25. The maximum absolute atomic E-state index is 8.93. The summed E-state index contributed by atoms with van der Waals surface area (Å²) in [6.45, 7) is 4.00. The van der Waals surface area contributed by atoms with Crippen molar-refractivity contribution in [3.05, 3.63) is 26.8 Å². The lowest BCUT2D eigenvalue weighted by Gasteiger charge is -1.94. The third kappa shape index (κ3) is 2.28. The van der Waals surface area contributed by atoms with E-state index in [1.807, 2.05) is 26.0 Å². The van der Waals surface area contributed by atoms with Crippen LogP contribution in [0.4, 0.5) is 0 Å². The number of hydrogen-bond acceptors (Lipinski definition) is 2. The summed E-state index contributed by atoms with van der Waals surface area (Å²) in [6, 6.07) is 5.91. The van der Waals surface area contributed by atoms with Crippen LogP contribution in [0.2, 0.25) is 0 Å². The molecule has 3 nitrogen and oxygen atoms in total. The number of fused-ring (bicyclic) bond motifs is 1. The highest BCUT2D eigenvalue weighted by Crippen LogP contribution is 2.29. The number of benzene rings is 1. The molecule has 0 aliphatic rings. The predicted octanol–water partition coefficient (Wildman–Crippen LogP) is 4.00. The molecule has 1 aromatic carbocycles. The van der Waals surface area contributed by atoms with Gasteiger partial charge in [-0.05, 0) is 44.0 Å². The van der Waals surface area contributed by atoms with Gasteiger partial charge < -0.3 is 0 Å². The van der Waals surface area contributed by atoms with E-state index in [0.717, 1.165) is 19.8 Å². The van der Waals surface area contributed by atoms with E-state index in [1.54, 1.807) is 11.7 Å². The second-order valence-corrected chi connectivity index (χ2v) is 4.58. The van der Waals surface area contributed by atoms with E-state index in [4.69, 9.17) is 5.26 Å². The first-order valence-corrected chi connectivity index (χ1v) is 6.44. The van der Waals surface area contributed by atoms with Gasteiger partial charge in [0.15, 0.2) is 0 Å². The molecule has 0 N–H and O–H groups in total. The highest BCUT2D eigenvalue weighted by Gasteiger charge is 2.10. The maximum Gasteiger partial charge on any atom is 0.146 e. The molecule has 84 valence electrons. The summed E-state index contributed by atoms with van der Waals surface area (Å²) in [5, 5.41) is 14.0. The molecule has 0 fully saturated rings. The quantitative estimate of drug-likeness (QED) is 0.724. The van der Waals surface area contributed by atoms with Crippen LogP contribution in [0.15, 0.2) is 21.1 Å². The van der Waals surface area contributed by atoms with Crippen LogP contribution in [0, 0.1) is 11.3 Å². The van der Waals surface area contributed by atoms with Gasteiger partial charge in [0, 0.05) is 21.4 Å². The van der Waals surface area contributed by atoms with Crippen molar-refractivity contribution in [3.8, 4) is 6.07 Å². The monoisotopic (exact) mass is 343 g/mol. The summed E-state index contributed by atoms with van der Waals surface area (Å²) in [6.07, 6.45) is 0. The molecule has 0 saturated heterocycles. The third-order valence-corrected chi connectivity index (χ3v) is 3.83. The molecular weight excluding hydrogens is 334 g/mol. The summed E-state index contributed by atoms with van der Waals surface area (Å²) < 4.78 is 3.45. The predicted molar refractivity (Wildman–Crippen MR) is 72.2 cm³/mol. The van der Waals surface area contributed by atoms with E-state index in [1.165, 1.54) is 0 Å². The number of nitrogens with zero attached hydrogens (tertiary/aromatic N) is 3. The summed E-state index contributed by atoms with van der Waals surface area (Å²) >= 11 is 6.79. The van der Waals surface area contributed by atoms with Gasteiger partial charge in [-0.25, -0.2) is 0 Å². The molecule has 0 amide bonds. The number of rotatable bonds is 0. The van der Waals surface area contributed by atoms with Gasteiger partial charge in [-0.3, -0.25) is 4.68 Å². The number of nitriles is 1. The molecule has 2 aromatic rings. The molecule has 0 saturated carbocycles. The fraction of sp³-hybridized carbons (Fsp3) is 0.273. The molecule has 5 heteroatoms. The van der Waals surface area contributed by atoms with Gasteiger partial charge in [-0.1, -0.05) is 13.8 Å². The molecular formula is C11H11Br2N3. The number of hydrogen-bond donors (Lipinski definition) is 0. The Balaban J connectivity index is 0.000000606. The summed E-state index contributed by atoms with van der Waals surface area (Å²) in [7, 11) is 1.76. The Hall–Kier alpha value is -0.860. The topological polar surface area (TPSA) is 41.6 Å². The zero-order valence-corrected chi connectivity index (χ0v) is 12.4. The zero-order chi connectivity index (χ0) is 12.3. The third-order valence-electron chi connectivity index (χ3n) is 1.98. The number of halogens is 2. The maximum atomic E-state index is 8.93. The van der Waals surface area contributed by atoms with Crippen LogP contribution in [-0.2, 0) is 7.05 Å². The summed E-state index contributed by atoms with van der Waals surface area (Å²) in [5.41, 5.74) is 1.40. The molecule has 0 aliphatic carbocycles. The SMILES string of the molecule is CC.Cn1nc2cc(Br)c(Br)cc2c1C#N. The molecule has 1 aromatic heterocycles. The average molecular weight is 345 g/mol. The lowest BCUT2D eigenvalue weighted by Crippen LogP contribution is -1.92. The van der Waals surface area contributed by atoms with Crippen LogP contribution in [0.5, 0.6) is 0 Å². The first kappa shape index (κ1) is 13.2. The van der Waals surface area contributed by atoms with Crippen LogP contribution >= 0.6 is 31.9 Å². The Morgan fingerprint density at radius 3 is 2.38 bits per heavy atom. The van der Waals surface area contributed by atoms with E-state index in [9.17, 15) is 0 Å². The van der Waals surface area contributed by atoms with Crippen molar-refractivity contribution in [2.24, 2.45) is 7.05 Å². The Morgan fingerprint density at radius 2 is 1.81 bits per heavy atom. The largest absolute Gasteiger partial charge is 0.257 e. The van der Waals surface area contributed by atoms with Crippen LogP contribution in [0.3, 0.4) is 0 Å². The lowest BCUT2D eigenvalue weighted by molar-refractivity contribution is 0.767. The van der Waals surface area contributed by atoms with E-state index in [-0.39, 0.29) is 0 Å². The van der Waals surface area contributed by atoms with Gasteiger partial charge in [-0.15, -0.1) is 0 Å². The van der Waals surface area contributed by atoms with Crippen molar-refractivity contribution in [1.82, 2.24) is 9.78 Å². The lowest BCUT2D eigenvalue weighted by atomic mass is 10.2. The van der Waals surface area contributed by atoms with Gasteiger partial charge in [0.25, 0.3) is 0 Å². The Morgan fingerprint density at radius 1 is 1.25 bits per heavy atom. The molecule has 0 atom stereocenters. The number of aromatic nitrogens is 2. The minimum Gasteiger partial charge on any atom is -0.257 e. The molecule has 0 aliphatic heterocycles. The Labute approximate surface area is 111 Å². The molecule has 0 bridgehead atoms. The Bertz CT molecular complexity index is 552. The van der Waals surface area contributed by atoms with Crippen molar-refractivity contribution < 1.29 is 0 Å². The molecule has 2 rings (SSSR count). The fourth-order valence-corrected chi connectivity index (χ4v) is 2.00. The van der Waals surface area contributed by atoms with Gasteiger partial charge in [0.1, 0.15) is 11.8 Å². The standard InChI is InChI=1S/C9H5Br2N3.C2H6/c1-14-9(4-12)5-2-6(10)7(11)3-8(5)13-14;1-2/h2-3H,1H3;1-2H3. The van der Waals surface area contributed by atoms with E-state index in [0.29, 0.717) is 5.69 Å². The van der Waals surface area contributed by atoms with Crippen molar-refractivity contribution in [2.75, 3.05) is 0 Å². The van der Waals surface area contributed by atoms with Crippen LogP contribution in [0.1, 0.15) is 19.5 Å². The minimum absolute atomic E-state index is 0.577. The van der Waals surface area contributed by atoms with E-state index in [2.05, 4.69) is 43.0 Å². The highest BCUT2D eigenvalue weighted by atomic mass is 79.9. The van der Waals surface area contributed by atoms with Gasteiger partial charge in [0.05, 0.1) is 5.52 Å². The minimum atomic E-state index is 0.577. The summed E-state index contributed by atoms with van der Waals surface area (Å²) in [5.74, 6) is 0. The van der Waals surface area contributed by atoms with Crippen molar-refractivity contribution >= 4 is 42.8 Å². The second-order valence-electron chi connectivity index (χ2n) is 2.87. The number of aryl methyl sites for hydroxylation is 1. The second kappa shape index (κ2) is 5.46. The van der Waals surface area contributed by atoms with Gasteiger partial charge in [0.2, 0.25) is 0 Å².